The average molecular weight is 299 g/mol. The number of nitrogens with zero attached hydrogens (tertiary/aromatic N) is 1. The zero-order chi connectivity index (χ0) is 14.9. The Balaban J connectivity index is 2.41. The van der Waals surface area contributed by atoms with Crippen molar-refractivity contribution in [2.45, 2.75) is 11.8 Å². The fraction of sp³-hybridized carbons (Fsp3) is 0.0909. The molecule has 0 atom stereocenters. The van der Waals surface area contributed by atoms with E-state index >= 15 is 0 Å². The summed E-state index contributed by atoms with van der Waals surface area (Å²) in [6, 6.07) is 2.77. The summed E-state index contributed by atoms with van der Waals surface area (Å²) in [5.74, 6) is -1.15. The van der Waals surface area contributed by atoms with Crippen molar-refractivity contribution in [1.29, 1.82) is 0 Å². The molecule has 1 amide bonds. The van der Waals surface area contributed by atoms with E-state index in [9.17, 15) is 17.6 Å². The van der Waals surface area contributed by atoms with Crippen LogP contribution >= 0.6 is 0 Å². The molecule has 20 heavy (non-hydrogen) atoms. The Kier molecular flexibility index (Phi) is 3.55. The van der Waals surface area contributed by atoms with Gasteiger partial charge in [0.25, 0.3) is 5.91 Å². The van der Waals surface area contributed by atoms with Gasteiger partial charge in [-0.2, -0.15) is 0 Å². The van der Waals surface area contributed by atoms with E-state index in [0.29, 0.717) is 0 Å². The minimum absolute atomic E-state index is 0.106. The summed E-state index contributed by atoms with van der Waals surface area (Å²) in [7, 11) is -4.10. The molecule has 1 heterocycles. The normalized spacial score (nSPS) is 11.3. The van der Waals surface area contributed by atoms with Crippen LogP contribution in [0.5, 0.6) is 0 Å². The minimum atomic E-state index is -4.10. The number of nitrogens with two attached hydrogens (primary N) is 1. The highest BCUT2D eigenvalue weighted by atomic mass is 32.2. The molecule has 2 rings (SSSR count). The van der Waals surface area contributed by atoms with E-state index in [1.165, 1.54) is 13.1 Å². The maximum Gasteiger partial charge on any atom is 0.260 e. The van der Waals surface area contributed by atoms with Gasteiger partial charge >= 0.3 is 0 Å². The van der Waals surface area contributed by atoms with Crippen molar-refractivity contribution in [2.75, 3.05) is 5.32 Å². The zero-order valence-electron chi connectivity index (χ0n) is 10.3. The first-order chi connectivity index (χ1) is 9.29. The van der Waals surface area contributed by atoms with Gasteiger partial charge < -0.3 is 9.84 Å². The lowest BCUT2D eigenvalue weighted by molar-refractivity contribution is 0.102. The third kappa shape index (κ3) is 2.83. The number of hydrogen-bond acceptors (Lipinski definition) is 5. The minimum Gasteiger partial charge on any atom is -0.361 e. The number of sulfonamides is 1. The van der Waals surface area contributed by atoms with Crippen molar-refractivity contribution in [3.63, 3.8) is 0 Å². The molecule has 0 fully saturated rings. The van der Waals surface area contributed by atoms with Crippen molar-refractivity contribution in [1.82, 2.24) is 5.16 Å². The topological polar surface area (TPSA) is 115 Å². The molecule has 0 aliphatic rings. The van der Waals surface area contributed by atoms with Gasteiger partial charge in [0.1, 0.15) is 22.0 Å². The predicted molar refractivity (Wildman–Crippen MR) is 67.0 cm³/mol. The van der Waals surface area contributed by atoms with Crippen LogP contribution in [0.1, 0.15) is 16.1 Å². The first-order valence-corrected chi connectivity index (χ1v) is 6.88. The van der Waals surface area contributed by atoms with Crippen molar-refractivity contribution in [2.24, 2.45) is 5.14 Å². The molecule has 0 saturated carbocycles. The molecule has 1 aromatic carbocycles. The molecule has 0 saturated heterocycles. The van der Waals surface area contributed by atoms with E-state index in [0.717, 1.165) is 18.2 Å². The van der Waals surface area contributed by atoms with Crippen LogP contribution in [0.15, 0.2) is 33.8 Å². The number of anilines is 1. The molecular weight excluding hydrogens is 289 g/mol. The van der Waals surface area contributed by atoms with Crippen LogP contribution in [0.2, 0.25) is 0 Å². The number of nitrogens with one attached hydrogen (secondary N) is 1. The molecule has 106 valence electrons. The quantitative estimate of drug-likeness (QED) is 0.878. The van der Waals surface area contributed by atoms with Gasteiger partial charge in [-0.15, -0.1) is 0 Å². The summed E-state index contributed by atoms with van der Waals surface area (Å²) in [6.07, 6.45) is 1.17. The summed E-state index contributed by atoms with van der Waals surface area (Å²) in [6.45, 7) is 1.51. The first-order valence-electron chi connectivity index (χ1n) is 5.34. The molecule has 0 spiro atoms. The number of rotatable bonds is 3. The van der Waals surface area contributed by atoms with E-state index in [1.807, 2.05) is 0 Å². The number of aryl methyl sites for hydroxylation is 1. The third-order valence-corrected chi connectivity index (χ3v) is 3.46. The van der Waals surface area contributed by atoms with Gasteiger partial charge in [-0.25, -0.2) is 17.9 Å². The summed E-state index contributed by atoms with van der Waals surface area (Å²) in [4.78, 5) is 11.5. The number of carbonyl (C=O) groups is 1. The maximum absolute atomic E-state index is 13.2. The summed E-state index contributed by atoms with van der Waals surface area (Å²) < 4.78 is 40.7. The van der Waals surface area contributed by atoms with E-state index in [4.69, 9.17) is 9.66 Å². The van der Waals surface area contributed by atoms with E-state index in [2.05, 4.69) is 10.5 Å². The van der Waals surface area contributed by atoms with Crippen LogP contribution in [-0.2, 0) is 10.0 Å². The maximum atomic E-state index is 13.2. The van der Waals surface area contributed by atoms with Crippen LogP contribution in [0.25, 0.3) is 0 Å². The SMILES string of the molecule is Cc1oncc1C(=O)Nc1cc(F)ccc1S(N)(=O)=O. The van der Waals surface area contributed by atoms with Crippen molar-refractivity contribution in [3.05, 3.63) is 41.5 Å². The molecule has 9 heteroatoms. The number of primary sulfonamides is 1. The second kappa shape index (κ2) is 5.02. The van der Waals surface area contributed by atoms with Gasteiger partial charge in [-0.3, -0.25) is 4.79 Å². The number of aromatic nitrogens is 1. The largest absolute Gasteiger partial charge is 0.361 e. The molecular formula is C11H10FN3O4S. The Morgan fingerprint density at radius 1 is 1.45 bits per heavy atom. The molecule has 0 aliphatic carbocycles. The van der Waals surface area contributed by atoms with Crippen LogP contribution in [0.4, 0.5) is 10.1 Å². The second-order valence-corrected chi connectivity index (χ2v) is 5.47. The number of hydrogen-bond donors (Lipinski definition) is 2. The molecule has 0 unspecified atom stereocenters. The predicted octanol–water partition coefficient (Wildman–Crippen LogP) is 1.02. The van der Waals surface area contributed by atoms with Crippen molar-refractivity contribution >= 4 is 21.6 Å². The molecule has 7 nitrogen and oxygen atoms in total. The molecule has 0 radical (unpaired) electrons. The number of carbonyl (C=O) groups excluding carboxylic acids is 1. The van der Waals surface area contributed by atoms with E-state index in [1.54, 1.807) is 0 Å². The lowest BCUT2D eigenvalue weighted by Gasteiger charge is -2.09. The lowest BCUT2D eigenvalue weighted by Crippen LogP contribution is -2.18. The fourth-order valence-corrected chi connectivity index (χ4v) is 2.23. The summed E-state index contributed by atoms with van der Waals surface area (Å²) in [5, 5.41) is 10.7. The lowest BCUT2D eigenvalue weighted by atomic mass is 10.2. The fourth-order valence-electron chi connectivity index (χ4n) is 1.55. The van der Waals surface area contributed by atoms with Crippen LogP contribution in [-0.4, -0.2) is 19.5 Å². The Morgan fingerprint density at radius 3 is 2.70 bits per heavy atom. The van der Waals surface area contributed by atoms with Gasteiger partial charge in [0, 0.05) is 0 Å². The van der Waals surface area contributed by atoms with Crippen LogP contribution in [0, 0.1) is 12.7 Å². The van der Waals surface area contributed by atoms with Crippen LogP contribution in [0.3, 0.4) is 0 Å². The third-order valence-electron chi connectivity index (χ3n) is 2.49. The highest BCUT2D eigenvalue weighted by molar-refractivity contribution is 7.89. The van der Waals surface area contributed by atoms with E-state index < -0.39 is 21.7 Å². The smallest absolute Gasteiger partial charge is 0.260 e. The van der Waals surface area contributed by atoms with Gasteiger partial charge in [0.15, 0.2) is 0 Å². The number of halogens is 1. The Labute approximate surface area is 113 Å². The Bertz CT molecular complexity index is 770. The van der Waals surface area contributed by atoms with Gasteiger partial charge in [0.05, 0.1) is 11.9 Å². The molecule has 0 aliphatic heterocycles. The van der Waals surface area contributed by atoms with Gasteiger partial charge in [0.2, 0.25) is 10.0 Å². The summed E-state index contributed by atoms with van der Waals surface area (Å²) in [5.41, 5.74) is -0.146. The molecule has 1 aromatic heterocycles. The molecule has 0 bridgehead atoms. The average Bonchev–Trinajstić information content (AvgIpc) is 2.73. The number of benzene rings is 1. The van der Waals surface area contributed by atoms with Crippen LogP contribution < -0.4 is 10.5 Å². The second-order valence-electron chi connectivity index (χ2n) is 3.94. The zero-order valence-corrected chi connectivity index (χ0v) is 11.1. The molecule has 3 N–H and O–H groups in total. The van der Waals surface area contributed by atoms with Crippen molar-refractivity contribution < 1.29 is 22.1 Å². The molecule has 2 aromatic rings. The Morgan fingerprint density at radius 2 is 2.15 bits per heavy atom. The van der Waals surface area contributed by atoms with E-state index in [-0.39, 0.29) is 21.9 Å². The Hall–Kier alpha value is -2.26. The number of amides is 1. The first kappa shape index (κ1) is 14.2. The highest BCUT2D eigenvalue weighted by Gasteiger charge is 2.19. The van der Waals surface area contributed by atoms with Crippen molar-refractivity contribution in [3.8, 4) is 0 Å². The van der Waals surface area contributed by atoms with Gasteiger partial charge in [-0.1, -0.05) is 5.16 Å². The monoisotopic (exact) mass is 299 g/mol. The standard InChI is InChI=1S/C11H10FN3O4S/c1-6-8(5-14-19-6)11(16)15-9-4-7(12)2-3-10(9)20(13,17)18/h2-5H,1H3,(H,15,16)(H2,13,17,18). The highest BCUT2D eigenvalue weighted by Crippen LogP contribution is 2.22. The van der Waals surface area contributed by atoms with Gasteiger partial charge in [-0.05, 0) is 25.1 Å². The summed E-state index contributed by atoms with van der Waals surface area (Å²) >= 11 is 0.